The van der Waals surface area contributed by atoms with Crippen LogP contribution in [0.4, 0.5) is 4.79 Å². The van der Waals surface area contributed by atoms with Gasteiger partial charge in [-0.25, -0.2) is 4.79 Å². The van der Waals surface area contributed by atoms with Crippen LogP contribution in [0.25, 0.3) is 5.70 Å². The molecule has 4 heterocycles. The predicted molar refractivity (Wildman–Crippen MR) is 183 cm³/mol. The average Bonchev–Trinajstić information content (AvgIpc) is 3.75. The van der Waals surface area contributed by atoms with Crippen LogP contribution in [0.3, 0.4) is 0 Å². The van der Waals surface area contributed by atoms with Crippen LogP contribution in [-0.4, -0.2) is 103 Å². The number of carbonyl (C=O) groups excluding carboxylic acids is 2. The van der Waals surface area contributed by atoms with Gasteiger partial charge in [0.25, 0.3) is 0 Å². The van der Waals surface area contributed by atoms with Gasteiger partial charge in [0.15, 0.2) is 0 Å². The van der Waals surface area contributed by atoms with Gasteiger partial charge in [-0.3, -0.25) is 19.6 Å². The molecule has 1 fully saturated rings. The molecule has 0 bridgehead atoms. The molecule has 1 unspecified atom stereocenters. The number of allylic oxidation sites excluding steroid dienone is 1. The summed E-state index contributed by atoms with van der Waals surface area (Å²) < 4.78 is 17.6. The lowest BCUT2D eigenvalue weighted by molar-refractivity contribution is -0.127. The summed E-state index contributed by atoms with van der Waals surface area (Å²) in [6, 6.07) is 24.0. The SMILES string of the molecule is CC(=O)N(C)CCN(CCCN1CCOCC1)C(=O)OC1=C(Cc2ccco2)NC2C(Cc3ccccc3)=NC(c3ccccc3)=CN12. The number of amides is 2. The quantitative estimate of drug-likeness (QED) is 0.287. The zero-order chi connectivity index (χ0) is 33.3. The third kappa shape index (κ3) is 8.34. The Morgan fingerprint density at radius 1 is 0.958 bits per heavy atom. The lowest BCUT2D eigenvalue weighted by Gasteiger charge is -2.32. The van der Waals surface area contributed by atoms with Crippen LogP contribution in [0.5, 0.6) is 0 Å². The lowest BCUT2D eigenvalue weighted by atomic mass is 10.0. The highest BCUT2D eigenvalue weighted by Crippen LogP contribution is 2.33. The lowest BCUT2D eigenvalue weighted by Crippen LogP contribution is -2.45. The number of furan rings is 1. The molecular weight excluding hydrogens is 608 g/mol. The van der Waals surface area contributed by atoms with Crippen molar-refractivity contribution in [3.63, 3.8) is 0 Å². The Hall–Kier alpha value is -4.87. The summed E-state index contributed by atoms with van der Waals surface area (Å²) in [6.07, 6.45) is 4.55. The van der Waals surface area contributed by atoms with Gasteiger partial charge in [0.1, 0.15) is 11.9 Å². The maximum Gasteiger partial charge on any atom is 0.416 e. The third-order valence-corrected chi connectivity index (χ3v) is 8.84. The van der Waals surface area contributed by atoms with Crippen molar-refractivity contribution in [2.24, 2.45) is 4.99 Å². The van der Waals surface area contributed by atoms with E-state index in [4.69, 9.17) is 18.9 Å². The molecular formula is C37H44N6O5. The zero-order valence-electron chi connectivity index (χ0n) is 27.7. The van der Waals surface area contributed by atoms with Crippen molar-refractivity contribution in [2.45, 2.75) is 32.4 Å². The van der Waals surface area contributed by atoms with Crippen LogP contribution >= 0.6 is 0 Å². The second-order valence-corrected chi connectivity index (χ2v) is 12.2. The number of likely N-dealkylation sites (N-methyl/N-ethyl adjacent to an activating group) is 1. The number of nitrogens with one attached hydrogen (secondary N) is 1. The summed E-state index contributed by atoms with van der Waals surface area (Å²) in [5, 5.41) is 3.62. The molecule has 1 atom stereocenters. The first-order valence-corrected chi connectivity index (χ1v) is 16.6. The van der Waals surface area contributed by atoms with E-state index in [1.165, 1.54) is 6.92 Å². The third-order valence-electron chi connectivity index (χ3n) is 8.84. The molecule has 252 valence electrons. The van der Waals surface area contributed by atoms with Gasteiger partial charge in [0, 0.05) is 71.4 Å². The van der Waals surface area contributed by atoms with Gasteiger partial charge in [-0.2, -0.15) is 0 Å². The maximum absolute atomic E-state index is 14.1. The topological polar surface area (TPSA) is 103 Å². The molecule has 3 aromatic rings. The molecule has 3 aliphatic rings. The molecule has 48 heavy (non-hydrogen) atoms. The van der Waals surface area contributed by atoms with Crippen LogP contribution < -0.4 is 5.32 Å². The van der Waals surface area contributed by atoms with Crippen molar-refractivity contribution >= 4 is 23.4 Å². The Morgan fingerprint density at radius 2 is 1.71 bits per heavy atom. The summed E-state index contributed by atoms with van der Waals surface area (Å²) in [4.78, 5) is 38.9. The van der Waals surface area contributed by atoms with Gasteiger partial charge in [-0.1, -0.05) is 60.7 Å². The summed E-state index contributed by atoms with van der Waals surface area (Å²) in [6.45, 7) is 6.82. The summed E-state index contributed by atoms with van der Waals surface area (Å²) in [7, 11) is 1.74. The Morgan fingerprint density at radius 3 is 2.42 bits per heavy atom. The van der Waals surface area contributed by atoms with E-state index in [1.807, 2.05) is 71.8 Å². The van der Waals surface area contributed by atoms with E-state index in [0.717, 1.165) is 73.3 Å². The first kappa shape index (κ1) is 33.0. The standard InChI is InChI=1S/C37H44N6O5/c1-28(44)40(2)18-19-42(17-10-16-41-20-23-46-24-21-41)37(45)48-36-33(26-31-15-9-22-47-31)39-35-32(25-29-11-5-3-6-12-29)38-34(27-43(35)36)30-13-7-4-8-14-30/h3-9,11-15,22,27,35,39H,10,16-21,23-26H2,1-2H3. The molecule has 2 aromatic carbocycles. The molecule has 2 amide bonds. The maximum atomic E-state index is 14.1. The second-order valence-electron chi connectivity index (χ2n) is 12.2. The molecule has 1 N–H and O–H groups in total. The molecule has 1 saturated heterocycles. The number of fused-ring (bicyclic) bond motifs is 1. The fraction of sp³-hybridized carbons (Fsp3) is 0.378. The molecule has 11 heteroatoms. The second kappa shape index (κ2) is 15.8. The average molecular weight is 653 g/mol. The number of benzene rings is 2. The molecule has 0 aliphatic carbocycles. The first-order chi connectivity index (χ1) is 23.4. The van der Waals surface area contributed by atoms with Gasteiger partial charge in [0.2, 0.25) is 11.8 Å². The van der Waals surface area contributed by atoms with Crippen molar-refractivity contribution in [2.75, 3.05) is 59.5 Å². The number of hydrogen-bond donors (Lipinski definition) is 1. The fourth-order valence-electron chi connectivity index (χ4n) is 6.02. The van der Waals surface area contributed by atoms with E-state index in [0.29, 0.717) is 38.4 Å². The smallest absolute Gasteiger partial charge is 0.416 e. The fourth-order valence-corrected chi connectivity index (χ4v) is 6.02. The number of ether oxygens (including phenoxy) is 2. The van der Waals surface area contributed by atoms with E-state index in [9.17, 15) is 9.59 Å². The van der Waals surface area contributed by atoms with E-state index in [-0.39, 0.29) is 12.1 Å². The van der Waals surface area contributed by atoms with Gasteiger partial charge in [-0.05, 0) is 24.1 Å². The minimum absolute atomic E-state index is 0.0555. The minimum atomic E-state index is -0.467. The minimum Gasteiger partial charge on any atom is -0.469 e. The highest BCUT2D eigenvalue weighted by molar-refractivity contribution is 5.97. The monoisotopic (exact) mass is 652 g/mol. The van der Waals surface area contributed by atoms with E-state index in [1.54, 1.807) is 23.1 Å². The van der Waals surface area contributed by atoms with Crippen molar-refractivity contribution in [1.82, 2.24) is 24.9 Å². The predicted octanol–water partition coefficient (Wildman–Crippen LogP) is 4.56. The highest BCUT2D eigenvalue weighted by Gasteiger charge is 2.39. The number of nitrogens with zero attached hydrogens (tertiary/aromatic N) is 5. The highest BCUT2D eigenvalue weighted by atomic mass is 16.6. The van der Waals surface area contributed by atoms with Gasteiger partial charge in [-0.15, -0.1) is 0 Å². The van der Waals surface area contributed by atoms with Crippen molar-refractivity contribution in [1.29, 1.82) is 0 Å². The Balaban J connectivity index is 1.29. The van der Waals surface area contributed by atoms with E-state index < -0.39 is 6.09 Å². The van der Waals surface area contributed by atoms with Crippen LogP contribution in [0, 0.1) is 0 Å². The summed E-state index contributed by atoms with van der Waals surface area (Å²) >= 11 is 0. The summed E-state index contributed by atoms with van der Waals surface area (Å²) in [5.74, 6) is 1.10. The van der Waals surface area contributed by atoms with Crippen molar-refractivity contribution < 1.29 is 23.5 Å². The molecule has 1 aromatic heterocycles. The Kier molecular flexibility index (Phi) is 10.9. The van der Waals surface area contributed by atoms with Crippen molar-refractivity contribution in [3.8, 4) is 0 Å². The van der Waals surface area contributed by atoms with Gasteiger partial charge in [0.05, 0.1) is 43.0 Å². The number of morpholine rings is 1. The molecule has 11 nitrogen and oxygen atoms in total. The molecule has 0 spiro atoms. The molecule has 0 saturated carbocycles. The van der Waals surface area contributed by atoms with Crippen LogP contribution in [-0.2, 0) is 27.1 Å². The van der Waals surface area contributed by atoms with Crippen molar-refractivity contribution in [3.05, 3.63) is 114 Å². The van der Waals surface area contributed by atoms with Gasteiger partial charge < -0.3 is 29.0 Å². The molecule has 3 aliphatic heterocycles. The zero-order valence-corrected chi connectivity index (χ0v) is 27.7. The van der Waals surface area contributed by atoms with Gasteiger partial charge >= 0.3 is 6.09 Å². The molecule has 6 rings (SSSR count). The Bertz CT molecular complexity index is 1620. The number of rotatable bonds is 13. The first-order valence-electron chi connectivity index (χ1n) is 16.6. The summed E-state index contributed by atoms with van der Waals surface area (Å²) in [5.41, 5.74) is 4.49. The number of aliphatic imine (C=N–C) groups is 1. The number of hydrogen-bond acceptors (Lipinski definition) is 9. The van der Waals surface area contributed by atoms with Crippen LogP contribution in [0.15, 0.2) is 106 Å². The molecule has 0 radical (unpaired) electrons. The van der Waals surface area contributed by atoms with E-state index >= 15 is 0 Å². The Labute approximate surface area is 282 Å². The van der Waals surface area contributed by atoms with Crippen LogP contribution in [0.2, 0.25) is 0 Å². The number of carbonyl (C=O) groups is 2. The van der Waals surface area contributed by atoms with Crippen LogP contribution in [0.1, 0.15) is 30.2 Å². The normalized spacial score (nSPS) is 17.7. The van der Waals surface area contributed by atoms with E-state index in [2.05, 4.69) is 22.3 Å². The largest absolute Gasteiger partial charge is 0.469 e.